The van der Waals surface area contributed by atoms with Crippen molar-refractivity contribution in [3.8, 4) is 0 Å². The fourth-order valence-corrected chi connectivity index (χ4v) is 2.56. The zero-order valence-corrected chi connectivity index (χ0v) is 15.3. The van der Waals surface area contributed by atoms with E-state index in [1.54, 1.807) is 11.3 Å². The first-order valence-electron chi connectivity index (χ1n) is 7.79. The number of guanidine groups is 1. The van der Waals surface area contributed by atoms with E-state index in [0.29, 0.717) is 32.2 Å². The molecule has 1 aliphatic carbocycles. The third kappa shape index (κ3) is 8.18. The predicted molar refractivity (Wildman–Crippen MR) is 95.3 cm³/mol. The number of aliphatic imine (C=N–C) groups is 1. The molecule has 1 fully saturated rings. The molecule has 0 unspecified atom stereocenters. The minimum Gasteiger partial charge on any atom is -0.466 e. The lowest BCUT2D eigenvalue weighted by Gasteiger charge is -2.11. The molecule has 0 amide bonds. The van der Waals surface area contributed by atoms with Crippen LogP contribution >= 0.6 is 23.7 Å². The van der Waals surface area contributed by atoms with Crippen LogP contribution in [0.3, 0.4) is 0 Å². The molecule has 0 bridgehead atoms. The van der Waals surface area contributed by atoms with E-state index >= 15 is 0 Å². The highest BCUT2D eigenvalue weighted by Gasteiger charge is 2.22. The zero-order valence-electron chi connectivity index (χ0n) is 13.6. The molecule has 2 rings (SSSR count). The number of aryl methyl sites for hydroxylation is 1. The molecular formula is C15H25ClN4O2S. The van der Waals surface area contributed by atoms with Crippen molar-refractivity contribution in [3.05, 3.63) is 16.1 Å². The molecule has 0 atom stereocenters. The zero-order chi connectivity index (χ0) is 15.8. The summed E-state index contributed by atoms with van der Waals surface area (Å²) in [6, 6.07) is 0.536. The molecule has 6 nitrogen and oxygen atoms in total. The third-order valence-electron chi connectivity index (χ3n) is 3.11. The van der Waals surface area contributed by atoms with Crippen LogP contribution < -0.4 is 10.6 Å². The molecule has 1 aliphatic rings. The van der Waals surface area contributed by atoms with Gasteiger partial charge in [0.05, 0.1) is 13.2 Å². The van der Waals surface area contributed by atoms with Crippen LogP contribution in [0.25, 0.3) is 0 Å². The van der Waals surface area contributed by atoms with Crippen molar-refractivity contribution in [2.24, 2.45) is 4.99 Å². The number of hydrogen-bond acceptors (Lipinski definition) is 5. The number of nitrogens with one attached hydrogen (secondary N) is 2. The Morgan fingerprint density at radius 2 is 2.30 bits per heavy atom. The maximum atomic E-state index is 11.3. The number of carbonyl (C=O) groups is 1. The largest absolute Gasteiger partial charge is 0.466 e. The second-order valence-corrected chi connectivity index (χ2v) is 6.24. The first-order valence-corrected chi connectivity index (χ1v) is 8.67. The van der Waals surface area contributed by atoms with Crippen LogP contribution in [0, 0.1) is 6.92 Å². The van der Waals surface area contributed by atoms with Gasteiger partial charge in [-0.05, 0) is 33.1 Å². The van der Waals surface area contributed by atoms with Gasteiger partial charge in [-0.25, -0.2) is 9.98 Å². The number of rotatable bonds is 8. The molecule has 23 heavy (non-hydrogen) atoms. The Morgan fingerprint density at radius 3 is 2.91 bits per heavy atom. The maximum Gasteiger partial charge on any atom is 0.305 e. The molecule has 0 spiro atoms. The van der Waals surface area contributed by atoms with Gasteiger partial charge in [0.15, 0.2) is 5.96 Å². The quantitative estimate of drug-likeness (QED) is 0.322. The Labute approximate surface area is 147 Å². The van der Waals surface area contributed by atoms with E-state index in [-0.39, 0.29) is 18.4 Å². The summed E-state index contributed by atoms with van der Waals surface area (Å²) in [6.07, 6.45) is 3.56. The highest BCUT2D eigenvalue weighted by Crippen LogP contribution is 2.18. The average molecular weight is 361 g/mol. The molecule has 0 aromatic carbocycles. The molecule has 0 radical (unpaired) electrons. The van der Waals surface area contributed by atoms with Gasteiger partial charge in [0.1, 0.15) is 5.01 Å². The van der Waals surface area contributed by atoms with Crippen molar-refractivity contribution in [1.29, 1.82) is 0 Å². The molecule has 2 N–H and O–H groups in total. The summed E-state index contributed by atoms with van der Waals surface area (Å²) in [6.45, 7) is 5.53. The van der Waals surface area contributed by atoms with Crippen LogP contribution in [-0.2, 0) is 16.1 Å². The van der Waals surface area contributed by atoms with Crippen molar-refractivity contribution in [1.82, 2.24) is 15.6 Å². The van der Waals surface area contributed by atoms with E-state index in [1.165, 1.54) is 12.8 Å². The minimum atomic E-state index is -0.142. The van der Waals surface area contributed by atoms with Gasteiger partial charge >= 0.3 is 5.97 Å². The van der Waals surface area contributed by atoms with Crippen LogP contribution in [0.1, 0.15) is 43.3 Å². The van der Waals surface area contributed by atoms with E-state index in [1.807, 2.05) is 19.2 Å². The summed E-state index contributed by atoms with van der Waals surface area (Å²) in [5, 5.41) is 9.70. The molecule has 1 aromatic heterocycles. The molecule has 1 aromatic rings. The van der Waals surface area contributed by atoms with Crippen molar-refractivity contribution < 1.29 is 9.53 Å². The normalized spacial score (nSPS) is 14.1. The van der Waals surface area contributed by atoms with E-state index in [0.717, 1.165) is 23.1 Å². The fraction of sp³-hybridized carbons (Fsp3) is 0.667. The van der Waals surface area contributed by atoms with Gasteiger partial charge in [-0.2, -0.15) is 0 Å². The van der Waals surface area contributed by atoms with E-state index < -0.39 is 0 Å². The van der Waals surface area contributed by atoms with Gasteiger partial charge in [-0.1, -0.05) is 0 Å². The molecule has 0 aliphatic heterocycles. The van der Waals surface area contributed by atoms with E-state index in [9.17, 15) is 4.79 Å². The van der Waals surface area contributed by atoms with Gasteiger partial charge in [0.2, 0.25) is 0 Å². The van der Waals surface area contributed by atoms with Crippen LogP contribution in [0.4, 0.5) is 0 Å². The Morgan fingerprint density at radius 1 is 1.52 bits per heavy atom. The topological polar surface area (TPSA) is 75.6 Å². The van der Waals surface area contributed by atoms with Crippen LogP contribution in [-0.4, -0.2) is 36.1 Å². The SMILES string of the molecule is CCOC(=O)CCCNC(=NCc1nc(C)cs1)NC1CC1.Cl. The average Bonchev–Trinajstić information content (AvgIpc) is 3.21. The number of carbonyl (C=O) groups excluding carboxylic acids is 1. The summed E-state index contributed by atoms with van der Waals surface area (Å²) in [5.41, 5.74) is 1.04. The number of halogens is 1. The number of nitrogens with zero attached hydrogens (tertiary/aromatic N) is 2. The Hall–Kier alpha value is -1.34. The first kappa shape index (κ1) is 19.7. The lowest BCUT2D eigenvalue weighted by molar-refractivity contribution is -0.143. The van der Waals surface area contributed by atoms with Gasteiger partial charge in [0.25, 0.3) is 0 Å². The van der Waals surface area contributed by atoms with Crippen molar-refractivity contribution in [3.63, 3.8) is 0 Å². The summed E-state index contributed by atoms with van der Waals surface area (Å²) in [5.74, 6) is 0.662. The Kier molecular flexibility index (Phi) is 8.94. The lowest BCUT2D eigenvalue weighted by atomic mass is 10.3. The smallest absolute Gasteiger partial charge is 0.305 e. The number of aromatic nitrogens is 1. The van der Waals surface area contributed by atoms with Crippen LogP contribution in [0.5, 0.6) is 0 Å². The monoisotopic (exact) mass is 360 g/mol. The minimum absolute atomic E-state index is 0. The van der Waals surface area contributed by atoms with Gasteiger partial charge < -0.3 is 15.4 Å². The highest BCUT2D eigenvalue weighted by atomic mass is 35.5. The first-order chi connectivity index (χ1) is 10.7. The molecular weight excluding hydrogens is 336 g/mol. The van der Waals surface area contributed by atoms with E-state index in [2.05, 4.69) is 20.6 Å². The van der Waals surface area contributed by atoms with Crippen LogP contribution in [0.2, 0.25) is 0 Å². The van der Waals surface area contributed by atoms with Gasteiger partial charge in [-0.15, -0.1) is 23.7 Å². The summed E-state index contributed by atoms with van der Waals surface area (Å²) >= 11 is 1.63. The Balaban J connectivity index is 0.00000264. The van der Waals surface area contributed by atoms with Crippen molar-refractivity contribution in [2.75, 3.05) is 13.2 Å². The van der Waals surface area contributed by atoms with Crippen LogP contribution in [0.15, 0.2) is 10.4 Å². The molecule has 130 valence electrons. The molecule has 0 saturated heterocycles. The fourth-order valence-electron chi connectivity index (χ4n) is 1.87. The second-order valence-electron chi connectivity index (χ2n) is 5.30. The number of ether oxygens (including phenoxy) is 1. The van der Waals surface area contributed by atoms with Crippen molar-refractivity contribution >= 4 is 35.7 Å². The number of hydrogen-bond donors (Lipinski definition) is 2. The van der Waals surface area contributed by atoms with Crippen molar-refractivity contribution in [2.45, 2.75) is 52.1 Å². The standard InChI is InChI=1S/C15H24N4O2S.ClH/c1-3-21-14(20)5-4-8-16-15(19-12-6-7-12)17-9-13-18-11(2)10-22-13;/h10,12H,3-9H2,1-2H3,(H2,16,17,19);1H. The second kappa shape index (κ2) is 10.4. The highest BCUT2D eigenvalue weighted by molar-refractivity contribution is 7.09. The predicted octanol–water partition coefficient (Wildman–Crippen LogP) is 2.41. The number of thiazole rings is 1. The third-order valence-corrected chi connectivity index (χ3v) is 4.06. The molecule has 1 heterocycles. The van der Waals surface area contributed by atoms with Gasteiger partial charge in [0, 0.05) is 30.1 Å². The Bertz CT molecular complexity index is 517. The summed E-state index contributed by atoms with van der Waals surface area (Å²) in [7, 11) is 0. The molecule has 1 saturated carbocycles. The summed E-state index contributed by atoms with van der Waals surface area (Å²) in [4.78, 5) is 20.3. The summed E-state index contributed by atoms with van der Waals surface area (Å²) < 4.78 is 4.91. The molecule has 8 heteroatoms. The lowest BCUT2D eigenvalue weighted by Crippen LogP contribution is -2.39. The van der Waals surface area contributed by atoms with Gasteiger partial charge in [-0.3, -0.25) is 4.79 Å². The number of esters is 1. The van der Waals surface area contributed by atoms with E-state index in [4.69, 9.17) is 4.74 Å². The maximum absolute atomic E-state index is 11.3.